The van der Waals surface area contributed by atoms with E-state index in [1.807, 2.05) is 48.0 Å². The summed E-state index contributed by atoms with van der Waals surface area (Å²) in [4.78, 5) is 2.91. The zero-order valence-electron chi connectivity index (χ0n) is 24.7. The number of hydrogen-bond acceptors (Lipinski definition) is 5. The molecule has 4 aromatic rings. The minimum Gasteiger partial charge on any atom is -0.320 e. The van der Waals surface area contributed by atoms with Crippen molar-refractivity contribution in [2.24, 2.45) is 18.9 Å². The first kappa shape index (κ1) is 27.3. The molecule has 0 radical (unpaired) electrons. The van der Waals surface area contributed by atoms with Gasteiger partial charge in [0.25, 0.3) is 10.0 Å². The molecule has 1 atom stereocenters. The van der Waals surface area contributed by atoms with Crippen LogP contribution in [0.25, 0.3) is 11.1 Å². The van der Waals surface area contributed by atoms with Crippen molar-refractivity contribution in [1.82, 2.24) is 19.7 Å². The first-order valence-corrected chi connectivity index (χ1v) is 16.6. The zero-order valence-corrected chi connectivity index (χ0v) is 25.5. The highest BCUT2D eigenvalue weighted by molar-refractivity contribution is 7.93. The minimum absolute atomic E-state index is 0.259. The van der Waals surface area contributed by atoms with E-state index < -0.39 is 10.0 Å². The molecule has 0 amide bonds. The summed E-state index contributed by atoms with van der Waals surface area (Å²) in [5, 5.41) is 8.66. The third-order valence-corrected chi connectivity index (χ3v) is 11.4. The molecule has 42 heavy (non-hydrogen) atoms. The quantitative estimate of drug-likeness (QED) is 0.274. The Morgan fingerprint density at radius 2 is 1.79 bits per heavy atom. The lowest BCUT2D eigenvalue weighted by atomic mass is 9.58. The Morgan fingerprint density at radius 3 is 2.50 bits per heavy atom. The predicted molar refractivity (Wildman–Crippen MR) is 166 cm³/mol. The Balaban J connectivity index is 1.29. The normalized spacial score (nSPS) is 25.3. The molecule has 0 bridgehead atoms. The van der Waals surface area contributed by atoms with E-state index in [-0.39, 0.29) is 5.41 Å². The van der Waals surface area contributed by atoms with E-state index in [9.17, 15) is 8.42 Å². The number of aromatic nitrogens is 3. The van der Waals surface area contributed by atoms with Gasteiger partial charge in [0.05, 0.1) is 22.5 Å². The Hall–Kier alpha value is -3.49. The topological polar surface area (TPSA) is 71.3 Å². The summed E-state index contributed by atoms with van der Waals surface area (Å²) in [6, 6.07) is 22.5. The molecule has 0 N–H and O–H groups in total. The molecule has 3 heterocycles. The number of benzene rings is 3. The van der Waals surface area contributed by atoms with E-state index in [1.54, 1.807) is 10.6 Å². The van der Waals surface area contributed by atoms with Crippen molar-refractivity contribution in [3.8, 4) is 11.1 Å². The fourth-order valence-corrected chi connectivity index (χ4v) is 9.39. The molecule has 7 nitrogen and oxygen atoms in total. The fraction of sp³-hybridized carbons (Fsp3) is 0.412. The van der Waals surface area contributed by atoms with Crippen LogP contribution in [-0.4, -0.2) is 41.2 Å². The molecule has 3 aromatic carbocycles. The van der Waals surface area contributed by atoms with Crippen LogP contribution in [0.15, 0.2) is 78.0 Å². The molecule has 1 saturated carbocycles. The molecule has 2 aliphatic heterocycles. The highest BCUT2D eigenvalue weighted by Crippen LogP contribution is 2.52. The molecule has 3 aliphatic rings. The van der Waals surface area contributed by atoms with Gasteiger partial charge in [0, 0.05) is 25.7 Å². The van der Waals surface area contributed by atoms with Gasteiger partial charge in [-0.25, -0.2) is 8.42 Å². The maximum Gasteiger partial charge on any atom is 0.265 e. The number of fused-ring (bicyclic) bond motifs is 1. The van der Waals surface area contributed by atoms with E-state index in [1.165, 1.54) is 12.8 Å². The van der Waals surface area contributed by atoms with Crippen molar-refractivity contribution in [3.63, 3.8) is 0 Å². The van der Waals surface area contributed by atoms with Crippen molar-refractivity contribution in [2.75, 3.05) is 17.4 Å². The lowest BCUT2D eigenvalue weighted by molar-refractivity contribution is 0.176. The molecular formula is C34H39N5O2S. The Bertz CT molecular complexity index is 1730. The van der Waals surface area contributed by atoms with Crippen LogP contribution in [0, 0.1) is 11.8 Å². The number of piperidine rings is 1. The van der Waals surface area contributed by atoms with Crippen molar-refractivity contribution in [2.45, 2.75) is 62.9 Å². The second kappa shape index (κ2) is 10.3. The summed E-state index contributed by atoms with van der Waals surface area (Å²) in [7, 11) is -1.76. The predicted octanol–water partition coefficient (Wildman–Crippen LogP) is 6.14. The van der Waals surface area contributed by atoms with Crippen molar-refractivity contribution >= 4 is 15.7 Å². The first-order chi connectivity index (χ1) is 20.2. The van der Waals surface area contributed by atoms with Gasteiger partial charge in [0.1, 0.15) is 12.2 Å². The number of sulfonamides is 1. The van der Waals surface area contributed by atoms with Crippen LogP contribution >= 0.6 is 0 Å². The molecule has 8 heteroatoms. The van der Waals surface area contributed by atoms with Gasteiger partial charge in [-0.1, -0.05) is 56.3 Å². The smallest absolute Gasteiger partial charge is 0.265 e. The van der Waals surface area contributed by atoms with Gasteiger partial charge in [-0.05, 0) is 90.6 Å². The first-order valence-electron chi connectivity index (χ1n) is 15.2. The van der Waals surface area contributed by atoms with E-state index in [0.29, 0.717) is 29.0 Å². The molecule has 7 rings (SSSR count). The molecule has 2 fully saturated rings. The average Bonchev–Trinajstić information content (AvgIpc) is 3.51. The summed E-state index contributed by atoms with van der Waals surface area (Å²) in [6.45, 7) is 7.75. The number of rotatable bonds is 6. The van der Waals surface area contributed by atoms with Crippen LogP contribution in [0.4, 0.5) is 5.69 Å². The van der Waals surface area contributed by atoms with Gasteiger partial charge in [-0.2, -0.15) is 0 Å². The van der Waals surface area contributed by atoms with Crippen LogP contribution in [0.2, 0.25) is 0 Å². The third kappa shape index (κ3) is 4.56. The van der Waals surface area contributed by atoms with Crippen molar-refractivity contribution in [1.29, 1.82) is 0 Å². The molecule has 0 unspecified atom stereocenters. The molecule has 0 spiro atoms. The van der Waals surface area contributed by atoms with Gasteiger partial charge in [-0.3, -0.25) is 9.21 Å². The fourth-order valence-electron chi connectivity index (χ4n) is 7.68. The third-order valence-electron chi connectivity index (χ3n) is 9.59. The highest BCUT2D eigenvalue weighted by atomic mass is 32.2. The minimum atomic E-state index is -3.75. The standard InChI is InChI=1S/C34H39N5O2S/c1-24-9-8-14-38(20-24)21-26-15-30(27-10-5-4-6-11-27)31-22-39(42(40,41)32(31)16-26)29-13-7-12-28(17-29)34(18-25(2)19-34)33-36-35-23-37(33)3/h4-7,10-13,15-17,23-25H,8-9,14,18-22H2,1-3H3/t24-,25?,34?/m0/s1. The summed E-state index contributed by atoms with van der Waals surface area (Å²) < 4.78 is 32.3. The summed E-state index contributed by atoms with van der Waals surface area (Å²) in [5.41, 5.74) is 5.55. The van der Waals surface area contributed by atoms with Crippen molar-refractivity contribution < 1.29 is 8.42 Å². The Morgan fingerprint density at radius 1 is 0.976 bits per heavy atom. The Kier molecular flexibility index (Phi) is 6.74. The number of likely N-dealkylation sites (tertiary alicyclic amines) is 1. The van der Waals surface area contributed by atoms with Gasteiger partial charge in [0.15, 0.2) is 0 Å². The largest absolute Gasteiger partial charge is 0.320 e. The summed E-state index contributed by atoms with van der Waals surface area (Å²) in [6.07, 6.45) is 6.13. The monoisotopic (exact) mass is 581 g/mol. The van der Waals surface area contributed by atoms with Crippen LogP contribution in [0.5, 0.6) is 0 Å². The second-order valence-corrected chi connectivity index (χ2v) is 14.7. The number of hydrogen-bond donors (Lipinski definition) is 0. The maximum absolute atomic E-state index is 14.3. The van der Waals surface area contributed by atoms with Gasteiger partial charge in [-0.15, -0.1) is 10.2 Å². The summed E-state index contributed by atoms with van der Waals surface area (Å²) >= 11 is 0. The van der Waals surface area contributed by atoms with Gasteiger partial charge in [0.2, 0.25) is 0 Å². The van der Waals surface area contributed by atoms with Crippen LogP contribution in [-0.2, 0) is 35.6 Å². The highest BCUT2D eigenvalue weighted by Gasteiger charge is 2.48. The van der Waals surface area contributed by atoms with Crippen LogP contribution in [0.3, 0.4) is 0 Å². The lowest BCUT2D eigenvalue weighted by Gasteiger charge is -2.46. The molecular weight excluding hydrogens is 542 g/mol. The van der Waals surface area contributed by atoms with E-state index >= 15 is 0 Å². The molecule has 1 saturated heterocycles. The van der Waals surface area contributed by atoms with Crippen LogP contribution < -0.4 is 4.31 Å². The Labute approximate surface area is 249 Å². The molecule has 218 valence electrons. The number of nitrogens with zero attached hydrogens (tertiary/aromatic N) is 5. The second-order valence-electron chi connectivity index (χ2n) is 12.9. The van der Waals surface area contributed by atoms with E-state index in [2.05, 4.69) is 59.3 Å². The maximum atomic E-state index is 14.3. The van der Waals surface area contributed by atoms with Gasteiger partial charge >= 0.3 is 0 Å². The molecule has 1 aromatic heterocycles. The number of aryl methyl sites for hydroxylation is 1. The molecule has 1 aliphatic carbocycles. The van der Waals surface area contributed by atoms with Crippen molar-refractivity contribution in [3.05, 3.63) is 95.6 Å². The van der Waals surface area contributed by atoms with Crippen LogP contribution in [0.1, 0.15) is 62.0 Å². The zero-order chi connectivity index (χ0) is 29.1. The van der Waals surface area contributed by atoms with E-state index in [0.717, 1.165) is 66.1 Å². The van der Waals surface area contributed by atoms with E-state index in [4.69, 9.17) is 0 Å². The van der Waals surface area contributed by atoms with Gasteiger partial charge < -0.3 is 4.57 Å². The number of anilines is 1. The average molecular weight is 582 g/mol. The lowest BCUT2D eigenvalue weighted by Crippen LogP contribution is -2.43. The summed E-state index contributed by atoms with van der Waals surface area (Å²) in [5.74, 6) is 2.17. The SMILES string of the molecule is CC1CC(c2cccc(N3Cc4c(-c5ccccc5)cc(CN5CCC[C@H](C)C5)cc4S3(=O)=O)c2)(c2nncn2C)C1.